The van der Waals surface area contributed by atoms with Crippen molar-refractivity contribution in [3.63, 3.8) is 0 Å². The average molecular weight is 283 g/mol. The van der Waals surface area contributed by atoms with Gasteiger partial charge in [-0.2, -0.15) is 0 Å². The number of fused-ring (bicyclic) bond motifs is 1. The molecule has 1 fully saturated rings. The molecule has 1 aliphatic heterocycles. The van der Waals surface area contributed by atoms with Crippen LogP contribution in [0.1, 0.15) is 32.4 Å². The maximum Gasteiger partial charge on any atom is 0.0726 e. The van der Waals surface area contributed by atoms with E-state index in [0.717, 1.165) is 24.3 Å². The second-order valence-electron chi connectivity index (χ2n) is 6.35. The molecule has 3 rings (SSSR count). The molecule has 0 radical (unpaired) electrons. The van der Waals surface area contributed by atoms with Crippen LogP contribution in [0.15, 0.2) is 30.3 Å². The Labute approximate surface area is 127 Å². The highest BCUT2D eigenvalue weighted by Crippen LogP contribution is 2.32. The Morgan fingerprint density at radius 3 is 2.95 bits per heavy atom. The molecule has 1 aliphatic rings. The summed E-state index contributed by atoms with van der Waals surface area (Å²) >= 11 is 0. The van der Waals surface area contributed by atoms with Crippen molar-refractivity contribution in [2.45, 2.75) is 45.7 Å². The predicted octanol–water partition coefficient (Wildman–Crippen LogP) is 3.51. The zero-order valence-corrected chi connectivity index (χ0v) is 13.3. The van der Waals surface area contributed by atoms with Gasteiger partial charge in [-0.25, -0.2) is 0 Å². The smallest absolute Gasteiger partial charge is 0.0726 e. The standard InChI is InChI=1S/C18H25N3/c1-13(2)19-12-15-7-6-10-21(15)18-11-14(3)20-17-9-5-4-8-16(17)18/h4-5,8-9,11,13,15,19H,6-7,10,12H2,1-3H3. The summed E-state index contributed by atoms with van der Waals surface area (Å²) in [6.07, 6.45) is 2.55. The topological polar surface area (TPSA) is 28.2 Å². The lowest BCUT2D eigenvalue weighted by atomic mass is 10.1. The van der Waals surface area contributed by atoms with Crippen molar-refractivity contribution in [2.24, 2.45) is 0 Å². The highest BCUT2D eigenvalue weighted by molar-refractivity contribution is 5.92. The molecule has 3 nitrogen and oxygen atoms in total. The fraction of sp³-hybridized carbons (Fsp3) is 0.500. The first-order chi connectivity index (χ1) is 10.1. The predicted molar refractivity (Wildman–Crippen MR) is 90.0 cm³/mol. The van der Waals surface area contributed by atoms with Crippen LogP contribution in [0.4, 0.5) is 5.69 Å². The Balaban J connectivity index is 1.95. The van der Waals surface area contributed by atoms with Gasteiger partial charge < -0.3 is 10.2 Å². The second-order valence-corrected chi connectivity index (χ2v) is 6.35. The summed E-state index contributed by atoms with van der Waals surface area (Å²) in [7, 11) is 0. The van der Waals surface area contributed by atoms with E-state index in [-0.39, 0.29) is 0 Å². The molecule has 1 saturated heterocycles. The van der Waals surface area contributed by atoms with Crippen molar-refractivity contribution in [1.82, 2.24) is 10.3 Å². The van der Waals surface area contributed by atoms with Crippen molar-refractivity contribution in [3.8, 4) is 0 Å². The van der Waals surface area contributed by atoms with Gasteiger partial charge in [0.2, 0.25) is 0 Å². The van der Waals surface area contributed by atoms with E-state index in [0.29, 0.717) is 12.1 Å². The average Bonchev–Trinajstić information content (AvgIpc) is 2.92. The number of pyridine rings is 1. The molecule has 2 aromatic rings. The van der Waals surface area contributed by atoms with E-state index in [9.17, 15) is 0 Å². The van der Waals surface area contributed by atoms with Crippen molar-refractivity contribution in [1.29, 1.82) is 0 Å². The molecule has 0 spiro atoms. The van der Waals surface area contributed by atoms with Gasteiger partial charge in [0.25, 0.3) is 0 Å². The van der Waals surface area contributed by atoms with Gasteiger partial charge in [-0.15, -0.1) is 0 Å². The largest absolute Gasteiger partial charge is 0.367 e. The van der Waals surface area contributed by atoms with Gasteiger partial charge in [0.1, 0.15) is 0 Å². The molecule has 1 aromatic heterocycles. The van der Waals surface area contributed by atoms with E-state index in [4.69, 9.17) is 0 Å². The number of nitrogens with zero attached hydrogens (tertiary/aromatic N) is 2. The quantitative estimate of drug-likeness (QED) is 0.930. The fourth-order valence-corrected chi connectivity index (χ4v) is 3.26. The molecule has 2 heterocycles. The fourth-order valence-electron chi connectivity index (χ4n) is 3.26. The maximum atomic E-state index is 4.66. The van der Waals surface area contributed by atoms with Crippen molar-refractivity contribution < 1.29 is 0 Å². The van der Waals surface area contributed by atoms with Crippen LogP contribution in [0.25, 0.3) is 10.9 Å². The molecule has 1 atom stereocenters. The first kappa shape index (κ1) is 14.3. The SMILES string of the molecule is Cc1cc(N2CCCC2CNC(C)C)c2ccccc2n1. The molecule has 1 aromatic carbocycles. The summed E-state index contributed by atoms with van der Waals surface area (Å²) < 4.78 is 0. The van der Waals surface area contributed by atoms with Gasteiger partial charge in [0, 0.05) is 41.9 Å². The molecule has 1 N–H and O–H groups in total. The molecule has 0 saturated carbocycles. The van der Waals surface area contributed by atoms with Crippen LogP contribution in [0.5, 0.6) is 0 Å². The van der Waals surface area contributed by atoms with Crippen LogP contribution in [0, 0.1) is 6.92 Å². The van der Waals surface area contributed by atoms with Gasteiger partial charge in [-0.1, -0.05) is 32.0 Å². The van der Waals surface area contributed by atoms with Crippen LogP contribution in [-0.4, -0.2) is 30.2 Å². The third-order valence-corrected chi connectivity index (χ3v) is 4.27. The lowest BCUT2D eigenvalue weighted by molar-refractivity contribution is 0.524. The Hall–Kier alpha value is -1.61. The summed E-state index contributed by atoms with van der Waals surface area (Å²) in [5.41, 5.74) is 3.56. The first-order valence-corrected chi connectivity index (χ1v) is 8.01. The monoisotopic (exact) mass is 283 g/mol. The minimum absolute atomic E-state index is 0.545. The number of aryl methyl sites for hydroxylation is 1. The van der Waals surface area contributed by atoms with E-state index in [2.05, 4.69) is 66.3 Å². The number of rotatable bonds is 4. The molecule has 0 bridgehead atoms. The Morgan fingerprint density at radius 1 is 1.33 bits per heavy atom. The van der Waals surface area contributed by atoms with Crippen molar-refractivity contribution in [3.05, 3.63) is 36.0 Å². The highest BCUT2D eigenvalue weighted by atomic mass is 15.2. The van der Waals surface area contributed by atoms with Crippen LogP contribution in [-0.2, 0) is 0 Å². The van der Waals surface area contributed by atoms with Gasteiger partial charge >= 0.3 is 0 Å². The van der Waals surface area contributed by atoms with E-state index in [1.165, 1.54) is 23.9 Å². The van der Waals surface area contributed by atoms with Crippen LogP contribution in [0.2, 0.25) is 0 Å². The molecule has 112 valence electrons. The molecule has 0 amide bonds. The van der Waals surface area contributed by atoms with Crippen molar-refractivity contribution in [2.75, 3.05) is 18.0 Å². The number of para-hydroxylation sites is 1. The molecule has 21 heavy (non-hydrogen) atoms. The van der Waals surface area contributed by atoms with E-state index >= 15 is 0 Å². The van der Waals surface area contributed by atoms with Gasteiger partial charge in [0.15, 0.2) is 0 Å². The van der Waals surface area contributed by atoms with Crippen LogP contribution >= 0.6 is 0 Å². The molecular weight excluding hydrogens is 258 g/mol. The molecule has 1 unspecified atom stereocenters. The summed E-state index contributed by atoms with van der Waals surface area (Å²) in [6.45, 7) is 8.73. The molecular formula is C18H25N3. The van der Waals surface area contributed by atoms with E-state index in [1.54, 1.807) is 0 Å². The maximum absolute atomic E-state index is 4.66. The Bertz CT molecular complexity index is 621. The third-order valence-electron chi connectivity index (χ3n) is 4.27. The number of benzene rings is 1. The third kappa shape index (κ3) is 3.03. The van der Waals surface area contributed by atoms with Gasteiger partial charge in [-0.3, -0.25) is 4.98 Å². The van der Waals surface area contributed by atoms with E-state index in [1.807, 2.05) is 0 Å². The van der Waals surface area contributed by atoms with Crippen LogP contribution < -0.4 is 10.2 Å². The summed E-state index contributed by atoms with van der Waals surface area (Å²) in [6, 6.07) is 11.9. The Kier molecular flexibility index (Phi) is 4.11. The number of hydrogen-bond acceptors (Lipinski definition) is 3. The summed E-state index contributed by atoms with van der Waals surface area (Å²) in [5, 5.41) is 4.87. The van der Waals surface area contributed by atoms with Gasteiger partial charge in [-0.05, 0) is 31.9 Å². The number of anilines is 1. The zero-order valence-electron chi connectivity index (χ0n) is 13.3. The number of aromatic nitrogens is 1. The normalized spacial score (nSPS) is 18.9. The summed E-state index contributed by atoms with van der Waals surface area (Å²) in [5.74, 6) is 0. The van der Waals surface area contributed by atoms with E-state index < -0.39 is 0 Å². The lowest BCUT2D eigenvalue weighted by Gasteiger charge is -2.29. The van der Waals surface area contributed by atoms with Crippen LogP contribution in [0.3, 0.4) is 0 Å². The van der Waals surface area contributed by atoms with Crippen molar-refractivity contribution >= 4 is 16.6 Å². The lowest BCUT2D eigenvalue weighted by Crippen LogP contribution is -2.40. The minimum Gasteiger partial charge on any atom is -0.367 e. The summed E-state index contributed by atoms with van der Waals surface area (Å²) in [4.78, 5) is 7.24. The second kappa shape index (κ2) is 6.02. The molecule has 3 heteroatoms. The molecule has 0 aliphatic carbocycles. The first-order valence-electron chi connectivity index (χ1n) is 8.01. The zero-order chi connectivity index (χ0) is 14.8. The Morgan fingerprint density at radius 2 is 2.14 bits per heavy atom. The van der Waals surface area contributed by atoms with Gasteiger partial charge in [0.05, 0.1) is 5.52 Å². The highest BCUT2D eigenvalue weighted by Gasteiger charge is 2.26. The number of nitrogens with one attached hydrogen (secondary N) is 1. The number of hydrogen-bond donors (Lipinski definition) is 1. The minimum atomic E-state index is 0.545.